The molecule has 0 aliphatic carbocycles. The van der Waals surface area contributed by atoms with Crippen LogP contribution in [0.25, 0.3) is 33.5 Å². The van der Waals surface area contributed by atoms with Gasteiger partial charge in [0.1, 0.15) is 11.0 Å². The van der Waals surface area contributed by atoms with Gasteiger partial charge in [-0.15, -0.1) is 0 Å². The van der Waals surface area contributed by atoms with Crippen molar-refractivity contribution in [1.29, 1.82) is 0 Å². The minimum absolute atomic E-state index is 0.267. The first kappa shape index (κ1) is 20.0. The molecule has 0 unspecified atom stereocenters. The Hall–Kier alpha value is -3.28. The maximum Gasteiger partial charge on any atom is 0.199 e. The Kier molecular flexibility index (Phi) is 4.80. The van der Waals surface area contributed by atoms with E-state index in [9.17, 15) is 17.6 Å². The summed E-state index contributed by atoms with van der Waals surface area (Å²) in [5.74, 6) is -6.93. The van der Waals surface area contributed by atoms with Crippen LogP contribution in [0.5, 0.6) is 0 Å². The lowest BCUT2D eigenvalue weighted by atomic mass is 9.98. The summed E-state index contributed by atoms with van der Waals surface area (Å²) in [6.07, 6.45) is 0. The zero-order valence-electron chi connectivity index (χ0n) is 16.9. The van der Waals surface area contributed by atoms with Crippen LogP contribution < -0.4 is 0 Å². The summed E-state index contributed by atoms with van der Waals surface area (Å²) < 4.78 is 56.7. The number of hydrogen-bond acceptors (Lipinski definition) is 2. The van der Waals surface area contributed by atoms with Crippen molar-refractivity contribution < 1.29 is 17.6 Å². The topological polar surface area (TPSA) is 25.8 Å². The molecule has 0 N–H and O–H groups in total. The van der Waals surface area contributed by atoms with Gasteiger partial charge in [0.05, 0.1) is 11.4 Å². The molecule has 4 rings (SSSR count). The molecule has 0 aliphatic heterocycles. The summed E-state index contributed by atoms with van der Waals surface area (Å²) in [6, 6.07) is 11.3. The Morgan fingerprint density at radius 2 is 0.767 bits per heavy atom. The van der Waals surface area contributed by atoms with Crippen molar-refractivity contribution in [1.82, 2.24) is 9.97 Å². The van der Waals surface area contributed by atoms with E-state index < -0.39 is 34.3 Å². The van der Waals surface area contributed by atoms with E-state index in [0.29, 0.717) is 11.1 Å². The molecule has 1 aromatic heterocycles. The first-order valence-electron chi connectivity index (χ1n) is 9.36. The third-order valence-corrected chi connectivity index (χ3v) is 4.88. The Labute approximate surface area is 171 Å². The molecule has 0 radical (unpaired) electrons. The molecule has 152 valence electrons. The van der Waals surface area contributed by atoms with Crippen LogP contribution in [-0.4, -0.2) is 9.97 Å². The first-order valence-corrected chi connectivity index (χ1v) is 9.36. The Bertz CT molecular complexity index is 1190. The zero-order chi connectivity index (χ0) is 21.7. The molecule has 0 saturated carbocycles. The number of halogens is 4. The fourth-order valence-corrected chi connectivity index (χ4v) is 3.77. The number of hydrogen-bond donors (Lipinski definition) is 0. The van der Waals surface area contributed by atoms with Gasteiger partial charge in [-0.1, -0.05) is 34.4 Å². The second-order valence-electron chi connectivity index (χ2n) is 7.63. The molecule has 3 aromatic carbocycles. The van der Waals surface area contributed by atoms with Crippen molar-refractivity contribution >= 4 is 11.0 Å². The molecular formula is C24H18F4N2. The van der Waals surface area contributed by atoms with Gasteiger partial charge in [-0.3, -0.25) is 0 Å². The van der Waals surface area contributed by atoms with E-state index >= 15 is 0 Å². The second-order valence-corrected chi connectivity index (χ2v) is 7.63. The van der Waals surface area contributed by atoms with E-state index in [1.54, 1.807) is 0 Å². The van der Waals surface area contributed by atoms with Crippen LogP contribution in [0.2, 0.25) is 0 Å². The fraction of sp³-hybridized carbons (Fsp3) is 0.167. The van der Waals surface area contributed by atoms with Gasteiger partial charge in [-0.25, -0.2) is 27.5 Å². The van der Waals surface area contributed by atoms with Crippen LogP contribution in [0, 0.1) is 51.0 Å². The summed E-state index contributed by atoms with van der Waals surface area (Å²) in [4.78, 5) is 8.48. The average Bonchev–Trinajstić information content (AvgIpc) is 2.68. The minimum atomic E-state index is -1.90. The third-order valence-electron chi connectivity index (χ3n) is 4.88. The number of aryl methyl sites for hydroxylation is 4. The lowest BCUT2D eigenvalue weighted by Crippen LogP contribution is -2.05. The molecule has 0 atom stereocenters. The fourth-order valence-electron chi connectivity index (χ4n) is 3.77. The van der Waals surface area contributed by atoms with Crippen molar-refractivity contribution in [3.63, 3.8) is 0 Å². The van der Waals surface area contributed by atoms with E-state index in [1.807, 2.05) is 64.1 Å². The van der Waals surface area contributed by atoms with Crippen LogP contribution in [-0.2, 0) is 0 Å². The predicted molar refractivity (Wildman–Crippen MR) is 109 cm³/mol. The van der Waals surface area contributed by atoms with E-state index in [1.165, 1.54) is 0 Å². The van der Waals surface area contributed by atoms with Crippen molar-refractivity contribution in [3.05, 3.63) is 81.9 Å². The maximum atomic E-state index is 14.5. The highest BCUT2D eigenvalue weighted by Crippen LogP contribution is 2.35. The largest absolute Gasteiger partial charge is 0.241 e. The second kappa shape index (κ2) is 7.20. The summed E-state index contributed by atoms with van der Waals surface area (Å²) in [5.41, 5.74) is 4.26. The predicted octanol–water partition coefficient (Wildman–Crippen LogP) is 6.75. The van der Waals surface area contributed by atoms with Gasteiger partial charge >= 0.3 is 0 Å². The molecule has 0 bridgehead atoms. The highest BCUT2D eigenvalue weighted by Gasteiger charge is 2.25. The standard InChI is InChI=1S/C24H18F4N2/c1-11-5-12(2)8-15(7-11)21-22(16-9-13(3)6-14(4)10-16)30-24-20(28)18(26)17(25)19(27)23(24)29-21/h5-10H,1-4H3. The van der Waals surface area contributed by atoms with Gasteiger partial charge in [0.2, 0.25) is 0 Å². The van der Waals surface area contributed by atoms with Gasteiger partial charge in [0.15, 0.2) is 23.3 Å². The normalized spacial score (nSPS) is 11.3. The number of rotatable bonds is 2. The Morgan fingerprint density at radius 1 is 0.467 bits per heavy atom. The van der Waals surface area contributed by atoms with Crippen molar-refractivity contribution in [2.45, 2.75) is 27.7 Å². The van der Waals surface area contributed by atoms with Gasteiger partial charge in [-0.05, 0) is 52.0 Å². The number of benzene rings is 3. The number of nitrogens with zero attached hydrogens (tertiary/aromatic N) is 2. The minimum Gasteiger partial charge on any atom is -0.241 e. The molecule has 4 aromatic rings. The summed E-state index contributed by atoms with van der Waals surface area (Å²) in [6.45, 7) is 7.60. The summed E-state index contributed by atoms with van der Waals surface area (Å²) in [7, 11) is 0. The molecule has 0 amide bonds. The molecule has 2 nitrogen and oxygen atoms in total. The van der Waals surface area contributed by atoms with Crippen LogP contribution in [0.1, 0.15) is 22.3 Å². The lowest BCUT2D eigenvalue weighted by molar-refractivity contribution is 0.416. The van der Waals surface area contributed by atoms with Gasteiger partial charge < -0.3 is 0 Å². The highest BCUT2D eigenvalue weighted by atomic mass is 19.2. The van der Waals surface area contributed by atoms with Crippen molar-refractivity contribution in [2.75, 3.05) is 0 Å². The van der Waals surface area contributed by atoms with E-state index in [2.05, 4.69) is 9.97 Å². The van der Waals surface area contributed by atoms with E-state index in [0.717, 1.165) is 22.3 Å². The van der Waals surface area contributed by atoms with E-state index in [4.69, 9.17) is 0 Å². The SMILES string of the molecule is Cc1cc(C)cc(-c2nc3c(F)c(F)c(F)c(F)c3nc2-c2cc(C)cc(C)c2)c1. The van der Waals surface area contributed by atoms with Crippen LogP contribution in [0.15, 0.2) is 36.4 Å². The van der Waals surface area contributed by atoms with Gasteiger partial charge in [-0.2, -0.15) is 0 Å². The monoisotopic (exact) mass is 410 g/mol. The number of fused-ring (bicyclic) bond motifs is 1. The highest BCUT2D eigenvalue weighted by molar-refractivity contribution is 5.87. The Balaban J connectivity index is 2.17. The molecule has 0 spiro atoms. The summed E-state index contributed by atoms with van der Waals surface area (Å²) >= 11 is 0. The Morgan fingerprint density at radius 3 is 1.07 bits per heavy atom. The number of aromatic nitrogens is 2. The molecule has 0 aliphatic rings. The third kappa shape index (κ3) is 3.32. The molecule has 0 saturated heterocycles. The van der Waals surface area contributed by atoms with Crippen molar-refractivity contribution in [3.8, 4) is 22.5 Å². The maximum absolute atomic E-state index is 14.5. The molecule has 30 heavy (non-hydrogen) atoms. The van der Waals surface area contributed by atoms with Crippen LogP contribution in [0.4, 0.5) is 17.6 Å². The van der Waals surface area contributed by atoms with Gasteiger partial charge in [0, 0.05) is 11.1 Å². The molecule has 1 heterocycles. The zero-order valence-corrected chi connectivity index (χ0v) is 16.9. The average molecular weight is 410 g/mol. The van der Waals surface area contributed by atoms with Crippen LogP contribution >= 0.6 is 0 Å². The lowest BCUT2D eigenvalue weighted by Gasteiger charge is -2.14. The first-order chi connectivity index (χ1) is 14.2. The quantitative estimate of drug-likeness (QED) is 0.207. The molecule has 0 fully saturated rings. The molecular weight excluding hydrogens is 392 g/mol. The smallest absolute Gasteiger partial charge is 0.199 e. The van der Waals surface area contributed by atoms with Crippen LogP contribution in [0.3, 0.4) is 0 Å². The van der Waals surface area contributed by atoms with Gasteiger partial charge in [0.25, 0.3) is 0 Å². The van der Waals surface area contributed by atoms with E-state index in [-0.39, 0.29) is 11.4 Å². The van der Waals surface area contributed by atoms with Crippen molar-refractivity contribution in [2.24, 2.45) is 0 Å². The molecule has 6 heteroatoms. The summed E-state index contributed by atoms with van der Waals surface area (Å²) in [5, 5.41) is 0.